The van der Waals surface area contributed by atoms with Gasteiger partial charge >= 0.3 is 0 Å². The van der Waals surface area contributed by atoms with E-state index in [0.29, 0.717) is 12.0 Å². The Morgan fingerprint density at radius 2 is 1.94 bits per heavy atom. The zero-order valence-corrected chi connectivity index (χ0v) is 21.8. The first-order valence-corrected chi connectivity index (χ1v) is 13.0. The molecule has 3 aromatic heterocycles. The predicted molar refractivity (Wildman–Crippen MR) is 143 cm³/mol. The number of nitrogens with one attached hydrogen (secondary N) is 2. The molecule has 36 heavy (non-hydrogen) atoms. The zero-order valence-electron chi connectivity index (χ0n) is 20.2. The van der Waals surface area contributed by atoms with Crippen LogP contribution in [0, 0.1) is 0 Å². The number of thiophene rings is 1. The van der Waals surface area contributed by atoms with Crippen LogP contribution in [0.1, 0.15) is 63.8 Å². The Kier molecular flexibility index (Phi) is 7.14. The summed E-state index contributed by atoms with van der Waals surface area (Å²) in [4.78, 5) is 45.3. The van der Waals surface area contributed by atoms with Crippen LogP contribution in [0.15, 0.2) is 48.0 Å². The average molecular weight is 525 g/mol. The van der Waals surface area contributed by atoms with Crippen LogP contribution in [0.4, 0.5) is 5.69 Å². The Hall–Kier alpha value is -3.70. The van der Waals surface area contributed by atoms with Crippen LogP contribution < -0.4 is 16.8 Å². The maximum atomic E-state index is 14.0. The first-order valence-electron chi connectivity index (χ1n) is 11.4. The summed E-state index contributed by atoms with van der Waals surface area (Å²) in [5.41, 5.74) is 12.3. The fourth-order valence-electron chi connectivity index (χ4n) is 3.87. The molecule has 4 rings (SSSR count). The maximum Gasteiger partial charge on any atom is 0.270 e. The number of benzene rings is 1. The standard InChI is InChI=1S/C25H28N6O3S2/c1-4-25(2,3)29-23(33)20(16-12-28-17-10-6-5-9-15(16)17)31(13-14-8-7-11-35-14)24(34)21-18(26)19(22(27)32)30-36-21/h5-12,20,28H,4,13,26H2,1-3H3,(H2,27,32)(H,29,33). The maximum absolute atomic E-state index is 14.0. The number of primary amides is 1. The van der Waals surface area contributed by atoms with Crippen LogP contribution in [-0.2, 0) is 11.3 Å². The first kappa shape index (κ1) is 25.4. The number of H-pyrrole nitrogens is 1. The normalized spacial score (nSPS) is 12.4. The third kappa shape index (κ3) is 4.98. The highest BCUT2D eigenvalue weighted by Crippen LogP contribution is 2.34. The van der Waals surface area contributed by atoms with E-state index < -0.39 is 23.4 Å². The molecule has 11 heteroatoms. The lowest BCUT2D eigenvalue weighted by Crippen LogP contribution is -2.50. The lowest BCUT2D eigenvalue weighted by molar-refractivity contribution is -0.127. The Morgan fingerprint density at radius 1 is 1.19 bits per heavy atom. The molecule has 0 aliphatic carbocycles. The minimum atomic E-state index is -0.986. The molecule has 0 aliphatic rings. The molecule has 0 aliphatic heterocycles. The number of rotatable bonds is 9. The lowest BCUT2D eigenvalue weighted by atomic mass is 9.98. The number of fused-ring (bicyclic) bond motifs is 1. The van der Waals surface area contributed by atoms with Gasteiger partial charge in [0.25, 0.3) is 11.8 Å². The summed E-state index contributed by atoms with van der Waals surface area (Å²) in [6.45, 7) is 6.01. The second-order valence-electron chi connectivity index (χ2n) is 9.07. The van der Waals surface area contributed by atoms with E-state index in [1.54, 1.807) is 6.20 Å². The van der Waals surface area contributed by atoms with Crippen molar-refractivity contribution in [3.8, 4) is 0 Å². The quantitative estimate of drug-likeness (QED) is 0.261. The van der Waals surface area contributed by atoms with Crippen molar-refractivity contribution >= 4 is 57.2 Å². The molecular weight excluding hydrogens is 496 g/mol. The van der Waals surface area contributed by atoms with E-state index in [2.05, 4.69) is 14.7 Å². The van der Waals surface area contributed by atoms with Crippen molar-refractivity contribution in [2.75, 3.05) is 5.73 Å². The van der Waals surface area contributed by atoms with Crippen LogP contribution in [0.2, 0.25) is 0 Å². The number of para-hydroxylation sites is 1. The largest absolute Gasteiger partial charge is 0.395 e. The second kappa shape index (κ2) is 10.1. The smallest absolute Gasteiger partial charge is 0.270 e. The summed E-state index contributed by atoms with van der Waals surface area (Å²) in [6, 6.07) is 10.4. The zero-order chi connectivity index (χ0) is 26.0. The molecule has 1 unspecified atom stereocenters. The van der Waals surface area contributed by atoms with Gasteiger partial charge in [-0.25, -0.2) is 0 Å². The minimum absolute atomic E-state index is 0.0627. The van der Waals surface area contributed by atoms with Crippen molar-refractivity contribution in [3.05, 3.63) is 69.0 Å². The van der Waals surface area contributed by atoms with Gasteiger partial charge in [0.2, 0.25) is 5.91 Å². The van der Waals surface area contributed by atoms with Gasteiger partial charge in [0.15, 0.2) is 5.69 Å². The molecule has 6 N–H and O–H groups in total. The Morgan fingerprint density at radius 3 is 2.58 bits per heavy atom. The van der Waals surface area contributed by atoms with Crippen LogP contribution in [0.3, 0.4) is 0 Å². The Bertz CT molecular complexity index is 1410. The van der Waals surface area contributed by atoms with Crippen molar-refractivity contribution in [1.29, 1.82) is 0 Å². The number of anilines is 1. The van der Waals surface area contributed by atoms with Crippen molar-refractivity contribution in [2.24, 2.45) is 5.73 Å². The van der Waals surface area contributed by atoms with E-state index in [1.807, 2.05) is 62.5 Å². The summed E-state index contributed by atoms with van der Waals surface area (Å²) in [5.74, 6) is -1.65. The van der Waals surface area contributed by atoms with Crippen molar-refractivity contribution in [1.82, 2.24) is 19.6 Å². The van der Waals surface area contributed by atoms with Crippen molar-refractivity contribution in [2.45, 2.75) is 45.3 Å². The number of carbonyl (C=O) groups excluding carboxylic acids is 3. The molecule has 0 radical (unpaired) electrons. The van der Waals surface area contributed by atoms with Crippen LogP contribution >= 0.6 is 22.9 Å². The highest BCUT2D eigenvalue weighted by molar-refractivity contribution is 7.10. The van der Waals surface area contributed by atoms with E-state index in [0.717, 1.165) is 27.3 Å². The average Bonchev–Trinajstić information content (AvgIpc) is 3.58. The van der Waals surface area contributed by atoms with Gasteiger partial charge in [-0.1, -0.05) is 31.2 Å². The van der Waals surface area contributed by atoms with Gasteiger partial charge in [-0.2, -0.15) is 4.37 Å². The molecule has 1 aromatic carbocycles. The van der Waals surface area contributed by atoms with Gasteiger partial charge in [-0.15, -0.1) is 11.3 Å². The molecular formula is C25H28N6O3S2. The van der Waals surface area contributed by atoms with Crippen LogP contribution in [0.5, 0.6) is 0 Å². The van der Waals surface area contributed by atoms with E-state index in [4.69, 9.17) is 11.5 Å². The molecule has 3 amide bonds. The van der Waals surface area contributed by atoms with E-state index in [-0.39, 0.29) is 28.7 Å². The molecule has 1 atom stereocenters. The summed E-state index contributed by atoms with van der Waals surface area (Å²) >= 11 is 2.27. The predicted octanol–water partition coefficient (Wildman–Crippen LogP) is 4.06. The summed E-state index contributed by atoms with van der Waals surface area (Å²) in [6.07, 6.45) is 2.45. The van der Waals surface area contributed by atoms with Crippen molar-refractivity contribution in [3.63, 3.8) is 0 Å². The van der Waals surface area contributed by atoms with E-state index >= 15 is 0 Å². The number of aromatic amines is 1. The molecule has 0 bridgehead atoms. The van der Waals surface area contributed by atoms with Crippen LogP contribution in [0.25, 0.3) is 10.9 Å². The number of carbonyl (C=O) groups is 3. The fourth-order valence-corrected chi connectivity index (χ4v) is 5.34. The third-order valence-corrected chi connectivity index (χ3v) is 7.86. The van der Waals surface area contributed by atoms with Gasteiger partial charge in [0.1, 0.15) is 10.9 Å². The molecule has 0 saturated carbocycles. The van der Waals surface area contributed by atoms with Gasteiger partial charge in [-0.05, 0) is 49.3 Å². The molecule has 0 fully saturated rings. The van der Waals surface area contributed by atoms with Crippen LogP contribution in [-0.4, -0.2) is 37.5 Å². The molecule has 3 heterocycles. The SMILES string of the molecule is CCC(C)(C)NC(=O)C(c1c[nH]c2ccccc12)N(Cc1cccs1)C(=O)c1snc(C(N)=O)c1N. The molecule has 4 aromatic rings. The number of nitrogen functional groups attached to an aromatic ring is 1. The number of nitrogens with two attached hydrogens (primary N) is 2. The Labute approximate surface area is 216 Å². The molecule has 9 nitrogen and oxygen atoms in total. The third-order valence-electron chi connectivity index (χ3n) is 6.14. The summed E-state index contributed by atoms with van der Waals surface area (Å²) < 4.78 is 4.00. The summed E-state index contributed by atoms with van der Waals surface area (Å²) in [7, 11) is 0. The Balaban J connectivity index is 1.88. The van der Waals surface area contributed by atoms with Gasteiger partial charge < -0.3 is 26.7 Å². The highest BCUT2D eigenvalue weighted by Gasteiger charge is 2.37. The van der Waals surface area contributed by atoms with Crippen molar-refractivity contribution < 1.29 is 14.4 Å². The number of nitrogens with zero attached hydrogens (tertiary/aromatic N) is 2. The minimum Gasteiger partial charge on any atom is -0.395 e. The monoisotopic (exact) mass is 524 g/mol. The first-order chi connectivity index (χ1) is 17.1. The van der Waals surface area contributed by atoms with E-state index in [9.17, 15) is 14.4 Å². The van der Waals surface area contributed by atoms with Gasteiger partial charge in [-0.3, -0.25) is 14.4 Å². The second-order valence-corrected chi connectivity index (χ2v) is 10.9. The topological polar surface area (TPSA) is 147 Å². The molecule has 0 saturated heterocycles. The highest BCUT2D eigenvalue weighted by atomic mass is 32.1. The van der Waals surface area contributed by atoms with Gasteiger partial charge in [0, 0.05) is 33.1 Å². The van der Waals surface area contributed by atoms with Gasteiger partial charge in [0.05, 0.1) is 12.2 Å². The fraction of sp³-hybridized carbons (Fsp3) is 0.280. The number of hydrogen-bond donors (Lipinski definition) is 4. The lowest BCUT2D eigenvalue weighted by Gasteiger charge is -2.34. The number of hydrogen-bond acceptors (Lipinski definition) is 7. The number of aromatic nitrogens is 2. The number of amides is 3. The molecule has 0 spiro atoms. The molecule has 188 valence electrons. The van der Waals surface area contributed by atoms with E-state index in [1.165, 1.54) is 16.2 Å². The summed E-state index contributed by atoms with van der Waals surface area (Å²) in [5, 5.41) is 5.84.